The molecule has 2 rings (SSSR count). The molecule has 1 aromatic carbocycles. The molecule has 2 N–H and O–H groups in total. The maximum atomic E-state index is 13.0. The van der Waals surface area contributed by atoms with Gasteiger partial charge in [-0.15, -0.1) is 4.31 Å². The summed E-state index contributed by atoms with van der Waals surface area (Å²) in [6, 6.07) is 7.35. The van der Waals surface area contributed by atoms with Crippen LogP contribution in [0.2, 0.25) is 0 Å². The van der Waals surface area contributed by atoms with Gasteiger partial charge in [0.1, 0.15) is 0 Å². The molecule has 8 heteroatoms. The molecule has 1 aliphatic heterocycles. The molecule has 0 saturated carbocycles. The Morgan fingerprint density at radius 2 is 2.03 bits per heavy atom. The minimum absolute atomic E-state index is 0.532. The first-order valence-corrected chi connectivity index (χ1v) is 10.3. The summed E-state index contributed by atoms with van der Waals surface area (Å²) >= 11 is -1.29. The van der Waals surface area contributed by atoms with Gasteiger partial charge < -0.3 is 14.2 Å². The van der Waals surface area contributed by atoms with Crippen LogP contribution in [0.1, 0.15) is 6.42 Å². The molecule has 1 atom stereocenters. The standard InChI is InChI=1S/C21H27N3O4S/c1-3-4-5-9-18(10-8-13-21(25)22-26)23-14-16-24(17-15-23)29(27)20-12-7-6-11-19(20)28-2/h3-9,11-13,26H,1,10,14-17H2,2H3,(H,22,25)/b5-4-,13-8+,18-9+. The van der Waals surface area contributed by atoms with E-state index in [1.54, 1.807) is 24.7 Å². The van der Waals surface area contributed by atoms with E-state index < -0.39 is 17.3 Å². The molecule has 1 aliphatic rings. The second-order valence-corrected chi connectivity index (χ2v) is 7.63. The van der Waals surface area contributed by atoms with E-state index in [4.69, 9.17) is 9.94 Å². The van der Waals surface area contributed by atoms with Gasteiger partial charge in [0.05, 0.1) is 31.6 Å². The summed E-state index contributed by atoms with van der Waals surface area (Å²) in [5.41, 5.74) is 2.60. The van der Waals surface area contributed by atoms with E-state index in [1.807, 2.05) is 46.8 Å². The molecule has 1 heterocycles. The summed E-state index contributed by atoms with van der Waals surface area (Å²) in [6.07, 6.45) is 10.9. The highest BCUT2D eigenvalue weighted by Gasteiger charge is 2.30. The highest BCUT2D eigenvalue weighted by atomic mass is 32.2. The third-order valence-electron chi connectivity index (χ3n) is 4.38. The van der Waals surface area contributed by atoms with Crippen LogP contribution in [-0.2, 0) is 16.2 Å². The highest BCUT2D eigenvalue weighted by molar-refractivity contribution is 7.89. The fourth-order valence-electron chi connectivity index (χ4n) is 2.92. The Balaban J connectivity index is 2.03. The van der Waals surface area contributed by atoms with Gasteiger partial charge in [0.2, 0.25) is 4.90 Å². The molecule has 1 fully saturated rings. The molecule has 0 aromatic heterocycles. The van der Waals surface area contributed by atoms with Crippen LogP contribution in [0.5, 0.6) is 5.75 Å². The zero-order valence-electron chi connectivity index (χ0n) is 16.5. The molecule has 156 valence electrons. The van der Waals surface area contributed by atoms with Gasteiger partial charge in [-0.05, 0) is 18.2 Å². The number of hydrogen-bond donors (Lipinski definition) is 2. The molecule has 1 saturated heterocycles. The van der Waals surface area contributed by atoms with Crippen molar-refractivity contribution in [1.82, 2.24) is 14.7 Å². The van der Waals surface area contributed by atoms with Crippen molar-refractivity contribution in [2.75, 3.05) is 33.3 Å². The van der Waals surface area contributed by atoms with E-state index in [0.29, 0.717) is 43.2 Å². The summed E-state index contributed by atoms with van der Waals surface area (Å²) in [5, 5.41) is 8.59. The first-order valence-electron chi connectivity index (χ1n) is 9.24. The number of methoxy groups -OCH3 is 1. The van der Waals surface area contributed by atoms with Crippen LogP contribution in [0, 0.1) is 0 Å². The number of allylic oxidation sites excluding steroid dienone is 5. The quantitative estimate of drug-likeness (QED) is 0.211. The Labute approximate surface area is 174 Å². The lowest BCUT2D eigenvalue weighted by Crippen LogP contribution is -2.48. The van der Waals surface area contributed by atoms with Gasteiger partial charge in [-0.1, -0.05) is 43.0 Å². The number of para-hydroxylation sites is 1. The smallest absolute Gasteiger partial charge is 0.267 e. The third kappa shape index (κ3) is 6.79. The van der Waals surface area contributed by atoms with Gasteiger partial charge in [0.15, 0.2) is 5.75 Å². The normalized spacial score (nSPS) is 16.9. The largest absolute Gasteiger partial charge is 0.593 e. The molecule has 1 amide bonds. The number of carbonyl (C=O) groups is 1. The number of hydrogen-bond acceptors (Lipinski definition) is 6. The lowest BCUT2D eigenvalue weighted by Gasteiger charge is -2.36. The second-order valence-electron chi connectivity index (χ2n) is 6.18. The van der Waals surface area contributed by atoms with Crippen LogP contribution < -0.4 is 10.2 Å². The molecule has 0 radical (unpaired) electrons. The van der Waals surface area contributed by atoms with Gasteiger partial charge in [-0.25, -0.2) is 5.48 Å². The summed E-state index contributed by atoms with van der Waals surface area (Å²) in [5.74, 6) is 0.0544. The number of hydroxylamine groups is 1. The Kier molecular flexibility index (Phi) is 9.52. The Hall–Kier alpha value is -2.52. The minimum Gasteiger partial charge on any atom is -0.593 e. The predicted molar refractivity (Wildman–Crippen MR) is 114 cm³/mol. The van der Waals surface area contributed by atoms with E-state index in [2.05, 4.69) is 11.5 Å². The van der Waals surface area contributed by atoms with Gasteiger partial charge in [0, 0.05) is 31.3 Å². The van der Waals surface area contributed by atoms with Crippen LogP contribution in [0.25, 0.3) is 0 Å². The van der Waals surface area contributed by atoms with E-state index in [9.17, 15) is 9.35 Å². The molecule has 29 heavy (non-hydrogen) atoms. The molecular formula is C21H27N3O4S. The zero-order chi connectivity index (χ0) is 21.1. The number of benzene rings is 1. The Morgan fingerprint density at radius 3 is 2.69 bits per heavy atom. The van der Waals surface area contributed by atoms with Crippen molar-refractivity contribution in [3.8, 4) is 5.75 Å². The molecular weight excluding hydrogens is 390 g/mol. The topological polar surface area (TPSA) is 88.1 Å². The predicted octanol–water partition coefficient (Wildman–Crippen LogP) is 2.41. The van der Waals surface area contributed by atoms with E-state index in [1.165, 1.54) is 6.08 Å². The first kappa shape index (κ1) is 22.8. The second kappa shape index (κ2) is 12.1. The van der Waals surface area contributed by atoms with E-state index >= 15 is 0 Å². The Bertz CT molecular complexity index is 771. The van der Waals surface area contributed by atoms with Gasteiger partial charge in [-0.2, -0.15) is 0 Å². The molecule has 7 nitrogen and oxygen atoms in total. The summed E-state index contributed by atoms with van der Waals surface area (Å²) in [6.45, 7) is 6.34. The first-order chi connectivity index (χ1) is 14.1. The lowest BCUT2D eigenvalue weighted by molar-refractivity contribution is -0.124. The van der Waals surface area contributed by atoms with Crippen molar-refractivity contribution in [2.45, 2.75) is 11.3 Å². The summed E-state index contributed by atoms with van der Waals surface area (Å²) in [7, 11) is 1.58. The number of ether oxygens (including phenoxy) is 1. The Morgan fingerprint density at radius 1 is 1.31 bits per heavy atom. The van der Waals surface area contributed by atoms with Crippen LogP contribution in [-0.4, -0.2) is 58.2 Å². The number of amides is 1. The fourth-order valence-corrected chi connectivity index (χ4v) is 4.21. The summed E-state index contributed by atoms with van der Waals surface area (Å²) < 4.78 is 20.2. The average Bonchev–Trinajstić information content (AvgIpc) is 2.77. The van der Waals surface area contributed by atoms with E-state index in [-0.39, 0.29) is 0 Å². The molecule has 0 bridgehead atoms. The summed E-state index contributed by atoms with van der Waals surface area (Å²) in [4.78, 5) is 14.0. The van der Waals surface area contributed by atoms with Crippen LogP contribution in [0.4, 0.5) is 0 Å². The van der Waals surface area contributed by atoms with Gasteiger partial charge in [0.25, 0.3) is 5.91 Å². The monoisotopic (exact) mass is 417 g/mol. The molecule has 1 unspecified atom stereocenters. The van der Waals surface area contributed by atoms with Crippen LogP contribution in [0.15, 0.2) is 77.9 Å². The van der Waals surface area contributed by atoms with Crippen molar-refractivity contribution >= 4 is 17.3 Å². The number of carbonyl (C=O) groups excluding carboxylic acids is 1. The van der Waals surface area contributed by atoms with Crippen molar-refractivity contribution < 1.29 is 19.3 Å². The van der Waals surface area contributed by atoms with E-state index in [0.717, 1.165) is 5.70 Å². The number of nitrogens with one attached hydrogen (secondary N) is 1. The SMILES string of the molecule is C=C/C=C\C=C(/C/C=C/C(=O)NO)N1CCN([S+]([O-])c2ccccc2OC)CC1. The van der Waals surface area contributed by atoms with Crippen molar-refractivity contribution in [3.63, 3.8) is 0 Å². The maximum absolute atomic E-state index is 13.0. The molecule has 0 spiro atoms. The molecule has 0 aliphatic carbocycles. The zero-order valence-corrected chi connectivity index (χ0v) is 17.3. The number of nitrogens with zero attached hydrogens (tertiary/aromatic N) is 2. The fraction of sp³-hybridized carbons (Fsp3) is 0.286. The number of piperazine rings is 1. The van der Waals surface area contributed by atoms with Crippen LogP contribution >= 0.6 is 0 Å². The molecule has 1 aromatic rings. The average molecular weight is 418 g/mol. The van der Waals surface area contributed by atoms with Gasteiger partial charge >= 0.3 is 0 Å². The van der Waals surface area contributed by atoms with Crippen LogP contribution in [0.3, 0.4) is 0 Å². The van der Waals surface area contributed by atoms with Crippen molar-refractivity contribution in [2.24, 2.45) is 0 Å². The third-order valence-corrected chi connectivity index (χ3v) is 5.93. The lowest BCUT2D eigenvalue weighted by atomic mass is 10.2. The maximum Gasteiger partial charge on any atom is 0.267 e. The minimum atomic E-state index is -1.29. The highest BCUT2D eigenvalue weighted by Crippen LogP contribution is 2.27. The number of rotatable bonds is 9. The van der Waals surface area contributed by atoms with Crippen molar-refractivity contribution in [1.29, 1.82) is 0 Å². The van der Waals surface area contributed by atoms with Gasteiger partial charge in [-0.3, -0.25) is 10.0 Å². The van der Waals surface area contributed by atoms with Crippen molar-refractivity contribution in [3.05, 3.63) is 73.0 Å².